The van der Waals surface area contributed by atoms with Crippen LogP contribution in [-0.2, 0) is 20.7 Å². The van der Waals surface area contributed by atoms with E-state index in [1.807, 2.05) is 19.1 Å². The van der Waals surface area contributed by atoms with E-state index in [2.05, 4.69) is 4.90 Å². The number of benzene rings is 2. The van der Waals surface area contributed by atoms with Crippen LogP contribution in [0.2, 0.25) is 5.02 Å². The summed E-state index contributed by atoms with van der Waals surface area (Å²) < 4.78 is 11.2. The highest BCUT2D eigenvalue weighted by Gasteiger charge is 2.46. The quantitative estimate of drug-likeness (QED) is 0.399. The van der Waals surface area contributed by atoms with Crippen LogP contribution in [0, 0.1) is 0 Å². The predicted molar refractivity (Wildman–Crippen MR) is 128 cm³/mol. The van der Waals surface area contributed by atoms with Crippen molar-refractivity contribution in [3.8, 4) is 5.75 Å². The number of morpholine rings is 1. The van der Waals surface area contributed by atoms with E-state index in [1.54, 1.807) is 35.2 Å². The Morgan fingerprint density at radius 1 is 1.12 bits per heavy atom. The monoisotopic (exact) mass is 482 g/mol. The molecule has 8 heteroatoms. The number of ketones is 1. The molecule has 5 rings (SSSR count). The standard InChI is InChI=1S/C26H27ClN2O5/c1-16-13-19-14-18(5-6-21(19)34-16)24(30)22-23(17-3-2-4-20(27)15-17)29(26(32)25(22)31)8-7-28-9-11-33-12-10-28/h2-6,14-16,23,30H,7-13H2,1H3/b24-22+/t16-,23-/m0/s1. The van der Waals surface area contributed by atoms with E-state index in [1.165, 1.54) is 0 Å². The van der Waals surface area contributed by atoms with Gasteiger partial charge in [0.05, 0.1) is 24.8 Å². The van der Waals surface area contributed by atoms with Crippen molar-refractivity contribution in [2.75, 3.05) is 39.4 Å². The lowest BCUT2D eigenvalue weighted by Crippen LogP contribution is -2.42. The Kier molecular flexibility index (Phi) is 6.34. The number of likely N-dealkylation sites (tertiary alicyclic amines) is 1. The average molecular weight is 483 g/mol. The molecule has 0 spiro atoms. The van der Waals surface area contributed by atoms with E-state index in [4.69, 9.17) is 21.1 Å². The summed E-state index contributed by atoms with van der Waals surface area (Å²) in [7, 11) is 0. The van der Waals surface area contributed by atoms with Gasteiger partial charge in [0.2, 0.25) is 0 Å². The summed E-state index contributed by atoms with van der Waals surface area (Å²) in [5.74, 6) is -0.701. The minimum atomic E-state index is -0.719. The van der Waals surface area contributed by atoms with Crippen LogP contribution in [0.25, 0.3) is 5.76 Å². The maximum atomic E-state index is 13.2. The van der Waals surface area contributed by atoms with Gasteiger partial charge in [-0.25, -0.2) is 0 Å². The van der Waals surface area contributed by atoms with Crippen molar-refractivity contribution in [1.82, 2.24) is 9.80 Å². The van der Waals surface area contributed by atoms with Crippen LogP contribution in [0.15, 0.2) is 48.0 Å². The molecule has 0 bridgehead atoms. The third kappa shape index (κ3) is 4.31. The molecule has 0 aromatic heterocycles. The van der Waals surface area contributed by atoms with Gasteiger partial charge < -0.3 is 19.5 Å². The molecule has 3 heterocycles. The summed E-state index contributed by atoms with van der Waals surface area (Å²) >= 11 is 6.26. The first-order valence-corrected chi connectivity index (χ1v) is 11.9. The third-order valence-electron chi connectivity index (χ3n) is 6.63. The molecule has 7 nitrogen and oxygen atoms in total. The summed E-state index contributed by atoms with van der Waals surface area (Å²) in [6, 6.07) is 11.7. The molecular weight excluding hydrogens is 456 g/mol. The van der Waals surface area contributed by atoms with E-state index < -0.39 is 17.7 Å². The first-order chi connectivity index (χ1) is 16.4. The molecule has 1 amide bonds. The summed E-state index contributed by atoms with van der Waals surface area (Å²) in [4.78, 5) is 30.2. The van der Waals surface area contributed by atoms with Gasteiger partial charge in [0, 0.05) is 43.2 Å². The predicted octanol–water partition coefficient (Wildman–Crippen LogP) is 3.42. The van der Waals surface area contributed by atoms with E-state index in [0.29, 0.717) is 42.5 Å². The van der Waals surface area contributed by atoms with Gasteiger partial charge in [-0.3, -0.25) is 14.5 Å². The molecule has 0 aliphatic carbocycles. The number of halogens is 1. The first-order valence-electron chi connectivity index (χ1n) is 11.6. The average Bonchev–Trinajstić information content (AvgIpc) is 3.33. The molecule has 1 N–H and O–H groups in total. The number of rotatable bonds is 5. The molecule has 0 unspecified atom stereocenters. The fourth-order valence-electron chi connectivity index (χ4n) is 4.93. The minimum Gasteiger partial charge on any atom is -0.507 e. The van der Waals surface area contributed by atoms with Gasteiger partial charge in [0.15, 0.2) is 0 Å². The fraction of sp³-hybridized carbons (Fsp3) is 0.385. The number of fused-ring (bicyclic) bond motifs is 1. The Morgan fingerprint density at radius 2 is 1.91 bits per heavy atom. The summed E-state index contributed by atoms with van der Waals surface area (Å²) in [6.07, 6.45) is 0.784. The SMILES string of the molecule is C[C@H]1Cc2cc(/C(O)=C3\C(=O)C(=O)N(CCN4CCOCC4)[C@H]3c3cccc(Cl)c3)ccc2O1. The fourth-order valence-corrected chi connectivity index (χ4v) is 5.13. The number of hydrogen-bond acceptors (Lipinski definition) is 6. The smallest absolute Gasteiger partial charge is 0.295 e. The highest BCUT2D eigenvalue weighted by atomic mass is 35.5. The molecule has 2 aromatic carbocycles. The van der Waals surface area contributed by atoms with Crippen molar-refractivity contribution in [3.05, 3.63) is 69.8 Å². The highest BCUT2D eigenvalue weighted by molar-refractivity contribution is 6.46. The Bertz CT molecular complexity index is 1160. The van der Waals surface area contributed by atoms with Crippen molar-refractivity contribution < 1.29 is 24.2 Å². The molecule has 2 atom stereocenters. The van der Waals surface area contributed by atoms with Gasteiger partial charge in [-0.1, -0.05) is 23.7 Å². The number of carbonyl (C=O) groups excluding carboxylic acids is 2. The second-order valence-electron chi connectivity index (χ2n) is 8.96. The normalized spacial score (nSPS) is 24.4. The Labute approximate surface area is 203 Å². The Hall–Kier alpha value is -2.87. The summed E-state index contributed by atoms with van der Waals surface area (Å²) in [5.41, 5.74) is 2.24. The van der Waals surface area contributed by atoms with Crippen LogP contribution in [-0.4, -0.2) is 72.1 Å². The third-order valence-corrected chi connectivity index (χ3v) is 6.87. The zero-order valence-corrected chi connectivity index (χ0v) is 19.8. The van der Waals surface area contributed by atoms with Crippen molar-refractivity contribution >= 4 is 29.1 Å². The van der Waals surface area contributed by atoms with E-state index >= 15 is 0 Å². The molecule has 0 radical (unpaired) electrons. The summed E-state index contributed by atoms with van der Waals surface area (Å²) in [5, 5.41) is 11.8. The van der Waals surface area contributed by atoms with Crippen molar-refractivity contribution in [3.63, 3.8) is 0 Å². The number of aliphatic hydroxyl groups excluding tert-OH is 1. The lowest BCUT2D eigenvalue weighted by Gasteiger charge is -2.31. The number of Topliss-reactive ketones (excluding diaryl/α,β-unsaturated/α-hetero) is 1. The molecule has 3 aliphatic heterocycles. The van der Waals surface area contributed by atoms with E-state index in [-0.39, 0.29) is 17.4 Å². The van der Waals surface area contributed by atoms with Crippen molar-refractivity contribution in [2.24, 2.45) is 0 Å². The van der Waals surface area contributed by atoms with Crippen LogP contribution < -0.4 is 4.74 Å². The van der Waals surface area contributed by atoms with Gasteiger partial charge in [-0.15, -0.1) is 0 Å². The molecular formula is C26H27ClN2O5. The van der Waals surface area contributed by atoms with Gasteiger partial charge in [-0.05, 0) is 48.4 Å². The molecule has 2 saturated heterocycles. The molecule has 178 valence electrons. The number of ether oxygens (including phenoxy) is 2. The minimum absolute atomic E-state index is 0.0598. The zero-order chi connectivity index (χ0) is 23.8. The molecule has 0 saturated carbocycles. The van der Waals surface area contributed by atoms with E-state index in [9.17, 15) is 14.7 Å². The number of nitrogens with zero attached hydrogens (tertiary/aromatic N) is 2. The van der Waals surface area contributed by atoms with Crippen molar-refractivity contribution in [1.29, 1.82) is 0 Å². The van der Waals surface area contributed by atoms with Gasteiger partial charge in [0.1, 0.15) is 17.6 Å². The van der Waals surface area contributed by atoms with Gasteiger partial charge in [0.25, 0.3) is 11.7 Å². The van der Waals surface area contributed by atoms with Crippen LogP contribution in [0.4, 0.5) is 0 Å². The van der Waals surface area contributed by atoms with Crippen LogP contribution in [0.3, 0.4) is 0 Å². The summed E-state index contributed by atoms with van der Waals surface area (Å²) in [6.45, 7) is 5.81. The van der Waals surface area contributed by atoms with Gasteiger partial charge in [-0.2, -0.15) is 0 Å². The molecule has 3 aliphatic rings. The highest BCUT2D eigenvalue weighted by Crippen LogP contribution is 2.41. The van der Waals surface area contributed by atoms with Crippen molar-refractivity contribution in [2.45, 2.75) is 25.5 Å². The molecule has 2 aromatic rings. The second-order valence-corrected chi connectivity index (χ2v) is 9.39. The lowest BCUT2D eigenvalue weighted by atomic mass is 9.94. The second kappa shape index (κ2) is 9.41. The van der Waals surface area contributed by atoms with Crippen LogP contribution >= 0.6 is 11.6 Å². The number of hydrogen-bond donors (Lipinski definition) is 1. The first kappa shape index (κ1) is 22.9. The maximum Gasteiger partial charge on any atom is 0.295 e. The van der Waals surface area contributed by atoms with E-state index in [0.717, 1.165) is 30.8 Å². The molecule has 2 fully saturated rings. The van der Waals surface area contributed by atoms with Crippen LogP contribution in [0.5, 0.6) is 5.75 Å². The lowest BCUT2D eigenvalue weighted by molar-refractivity contribution is -0.140. The largest absolute Gasteiger partial charge is 0.507 e. The number of carbonyl (C=O) groups is 2. The van der Waals surface area contributed by atoms with Crippen LogP contribution in [0.1, 0.15) is 29.7 Å². The Morgan fingerprint density at radius 3 is 2.68 bits per heavy atom. The molecule has 34 heavy (non-hydrogen) atoms. The maximum absolute atomic E-state index is 13.2. The van der Waals surface area contributed by atoms with Gasteiger partial charge >= 0.3 is 0 Å². The number of aliphatic hydroxyl groups is 1. The number of amides is 1. The topological polar surface area (TPSA) is 79.3 Å². The Balaban J connectivity index is 1.53. The zero-order valence-electron chi connectivity index (χ0n) is 19.0.